The minimum absolute atomic E-state index is 0.224. The predicted octanol–water partition coefficient (Wildman–Crippen LogP) is 4.01. The Labute approximate surface area is 109 Å². The van der Waals surface area contributed by atoms with Gasteiger partial charge in [0, 0.05) is 10.6 Å². The highest BCUT2D eigenvalue weighted by Crippen LogP contribution is 2.29. The van der Waals surface area contributed by atoms with E-state index >= 15 is 0 Å². The van der Waals surface area contributed by atoms with Gasteiger partial charge >= 0.3 is 0 Å². The third kappa shape index (κ3) is 2.68. The molecule has 2 rings (SSSR count). The molecule has 0 heterocycles. The molecule has 1 unspecified atom stereocenters. The van der Waals surface area contributed by atoms with Gasteiger partial charge < -0.3 is 5.11 Å². The van der Waals surface area contributed by atoms with Crippen LogP contribution in [0.25, 0.3) is 0 Å². The minimum atomic E-state index is -1.15. The number of aliphatic hydroxyl groups is 1. The highest BCUT2D eigenvalue weighted by Gasteiger charge is 2.16. The van der Waals surface area contributed by atoms with E-state index in [9.17, 15) is 13.9 Å². The first-order valence-corrected chi connectivity index (χ1v) is 5.75. The zero-order valence-corrected chi connectivity index (χ0v) is 10.4. The van der Waals surface area contributed by atoms with Crippen molar-refractivity contribution in [2.75, 3.05) is 0 Å². The van der Waals surface area contributed by atoms with Crippen LogP contribution in [0.15, 0.2) is 36.4 Å². The van der Waals surface area contributed by atoms with E-state index in [4.69, 9.17) is 11.6 Å². The highest BCUT2D eigenvalue weighted by molar-refractivity contribution is 6.31. The molecule has 1 N–H and O–H groups in total. The van der Waals surface area contributed by atoms with Gasteiger partial charge in [-0.15, -0.1) is 0 Å². The van der Waals surface area contributed by atoms with Gasteiger partial charge in [0.1, 0.15) is 17.7 Å². The van der Waals surface area contributed by atoms with E-state index in [1.165, 1.54) is 24.3 Å². The van der Waals surface area contributed by atoms with Crippen LogP contribution in [0.3, 0.4) is 0 Å². The third-order valence-electron chi connectivity index (χ3n) is 2.63. The number of aryl methyl sites for hydroxylation is 1. The Hall–Kier alpha value is -1.45. The van der Waals surface area contributed by atoms with Crippen molar-refractivity contribution in [1.82, 2.24) is 0 Å². The van der Waals surface area contributed by atoms with Gasteiger partial charge in [-0.05, 0) is 48.4 Å². The van der Waals surface area contributed by atoms with Crippen molar-refractivity contribution in [3.05, 3.63) is 69.7 Å². The van der Waals surface area contributed by atoms with Crippen LogP contribution in [-0.2, 0) is 0 Å². The van der Waals surface area contributed by atoms with E-state index in [0.717, 1.165) is 6.07 Å². The zero-order valence-electron chi connectivity index (χ0n) is 9.62. The first kappa shape index (κ1) is 13.0. The molecule has 0 saturated heterocycles. The molecule has 0 aliphatic rings. The van der Waals surface area contributed by atoms with Gasteiger partial charge in [-0.2, -0.15) is 0 Å². The fourth-order valence-electron chi connectivity index (χ4n) is 1.83. The monoisotopic (exact) mass is 268 g/mol. The standard InChI is InChI=1S/C14H11ClF2O/c1-8-4-9(6-11(17)5-8)14(18)12-7-10(16)2-3-13(12)15/h2-7,14,18H,1H3. The maximum atomic E-state index is 13.3. The smallest absolute Gasteiger partial charge is 0.123 e. The van der Waals surface area contributed by atoms with E-state index in [2.05, 4.69) is 0 Å². The summed E-state index contributed by atoms with van der Waals surface area (Å²) in [6.45, 7) is 1.71. The quantitative estimate of drug-likeness (QED) is 0.873. The average Bonchev–Trinajstić information content (AvgIpc) is 2.30. The summed E-state index contributed by atoms with van der Waals surface area (Å²) in [5.41, 5.74) is 1.25. The Morgan fingerprint density at radius 3 is 2.44 bits per heavy atom. The predicted molar refractivity (Wildman–Crippen MR) is 66.6 cm³/mol. The van der Waals surface area contributed by atoms with Gasteiger partial charge in [-0.1, -0.05) is 17.7 Å². The van der Waals surface area contributed by atoms with Gasteiger partial charge in [0.15, 0.2) is 0 Å². The van der Waals surface area contributed by atoms with E-state index in [1.54, 1.807) is 13.0 Å². The lowest BCUT2D eigenvalue weighted by Crippen LogP contribution is -2.02. The van der Waals surface area contributed by atoms with Gasteiger partial charge in [0.05, 0.1) is 0 Å². The van der Waals surface area contributed by atoms with Gasteiger partial charge in [0.2, 0.25) is 0 Å². The number of rotatable bonds is 2. The second-order valence-electron chi connectivity index (χ2n) is 4.13. The molecular weight excluding hydrogens is 258 g/mol. The van der Waals surface area contributed by atoms with E-state index in [-0.39, 0.29) is 10.6 Å². The highest BCUT2D eigenvalue weighted by atomic mass is 35.5. The molecule has 0 fully saturated rings. The molecule has 2 aromatic rings. The van der Waals surface area contributed by atoms with Crippen LogP contribution in [-0.4, -0.2) is 5.11 Å². The van der Waals surface area contributed by atoms with Crippen molar-refractivity contribution >= 4 is 11.6 Å². The summed E-state index contributed by atoms with van der Waals surface area (Å²) in [5.74, 6) is -0.946. The molecule has 0 spiro atoms. The molecule has 0 radical (unpaired) electrons. The lowest BCUT2D eigenvalue weighted by Gasteiger charge is -2.14. The normalized spacial score (nSPS) is 12.5. The Bertz CT molecular complexity index is 564. The zero-order chi connectivity index (χ0) is 13.3. The van der Waals surface area contributed by atoms with Crippen molar-refractivity contribution in [2.45, 2.75) is 13.0 Å². The minimum Gasteiger partial charge on any atom is -0.384 e. The Balaban J connectivity index is 2.47. The van der Waals surface area contributed by atoms with Crippen molar-refractivity contribution in [1.29, 1.82) is 0 Å². The topological polar surface area (TPSA) is 20.2 Å². The number of benzene rings is 2. The van der Waals surface area contributed by atoms with Crippen LogP contribution in [0.2, 0.25) is 5.02 Å². The molecule has 0 saturated carbocycles. The fourth-order valence-corrected chi connectivity index (χ4v) is 2.05. The third-order valence-corrected chi connectivity index (χ3v) is 2.98. The maximum absolute atomic E-state index is 13.3. The molecule has 1 atom stereocenters. The lowest BCUT2D eigenvalue weighted by atomic mass is 9.99. The fraction of sp³-hybridized carbons (Fsp3) is 0.143. The lowest BCUT2D eigenvalue weighted by molar-refractivity contribution is 0.219. The number of hydrogen-bond donors (Lipinski definition) is 1. The van der Waals surface area contributed by atoms with Crippen LogP contribution in [0.5, 0.6) is 0 Å². The molecule has 0 aromatic heterocycles. The van der Waals surface area contributed by atoms with Crippen LogP contribution in [0, 0.1) is 18.6 Å². The average molecular weight is 269 g/mol. The summed E-state index contributed by atoms with van der Waals surface area (Å²) in [4.78, 5) is 0. The Kier molecular flexibility index (Phi) is 3.64. The molecule has 94 valence electrons. The molecule has 4 heteroatoms. The van der Waals surface area contributed by atoms with Crippen LogP contribution in [0.1, 0.15) is 22.8 Å². The van der Waals surface area contributed by atoms with Crippen molar-refractivity contribution < 1.29 is 13.9 Å². The summed E-state index contributed by atoms with van der Waals surface area (Å²) < 4.78 is 26.4. The summed E-state index contributed by atoms with van der Waals surface area (Å²) in [5, 5.41) is 10.4. The molecule has 0 aliphatic carbocycles. The summed E-state index contributed by atoms with van der Waals surface area (Å²) in [6.07, 6.45) is -1.15. The maximum Gasteiger partial charge on any atom is 0.123 e. The summed E-state index contributed by atoms with van der Waals surface area (Å²) in [6, 6.07) is 7.90. The molecule has 0 bridgehead atoms. The number of halogens is 3. The van der Waals surface area contributed by atoms with Crippen LogP contribution >= 0.6 is 11.6 Å². The molecule has 18 heavy (non-hydrogen) atoms. The van der Waals surface area contributed by atoms with Crippen molar-refractivity contribution in [3.63, 3.8) is 0 Å². The molecular formula is C14H11ClF2O. The van der Waals surface area contributed by atoms with Crippen LogP contribution < -0.4 is 0 Å². The summed E-state index contributed by atoms with van der Waals surface area (Å²) in [7, 11) is 0. The first-order chi connectivity index (χ1) is 8.47. The van der Waals surface area contributed by atoms with Gasteiger partial charge in [-0.3, -0.25) is 0 Å². The Morgan fingerprint density at radius 2 is 1.78 bits per heavy atom. The van der Waals surface area contributed by atoms with Crippen molar-refractivity contribution in [3.8, 4) is 0 Å². The summed E-state index contributed by atoms with van der Waals surface area (Å²) >= 11 is 5.90. The Morgan fingerprint density at radius 1 is 1.06 bits per heavy atom. The molecule has 0 amide bonds. The second-order valence-corrected chi connectivity index (χ2v) is 4.54. The number of hydrogen-bond acceptors (Lipinski definition) is 1. The number of aliphatic hydroxyl groups excluding tert-OH is 1. The van der Waals surface area contributed by atoms with E-state index in [1.807, 2.05) is 0 Å². The SMILES string of the molecule is Cc1cc(F)cc(C(O)c2cc(F)ccc2Cl)c1. The van der Waals surface area contributed by atoms with Crippen LogP contribution in [0.4, 0.5) is 8.78 Å². The molecule has 2 aromatic carbocycles. The molecule has 1 nitrogen and oxygen atoms in total. The first-order valence-electron chi connectivity index (χ1n) is 5.37. The van der Waals surface area contributed by atoms with Gasteiger partial charge in [-0.25, -0.2) is 8.78 Å². The largest absolute Gasteiger partial charge is 0.384 e. The van der Waals surface area contributed by atoms with Gasteiger partial charge in [0.25, 0.3) is 0 Å². The molecule has 0 aliphatic heterocycles. The van der Waals surface area contributed by atoms with E-state index < -0.39 is 17.7 Å². The van der Waals surface area contributed by atoms with E-state index in [0.29, 0.717) is 11.1 Å². The second kappa shape index (κ2) is 5.04. The van der Waals surface area contributed by atoms with Crippen molar-refractivity contribution in [2.24, 2.45) is 0 Å².